The summed E-state index contributed by atoms with van der Waals surface area (Å²) in [6.45, 7) is 6.58. The van der Waals surface area contributed by atoms with E-state index in [1.54, 1.807) is 29.2 Å². The van der Waals surface area contributed by atoms with Gasteiger partial charge in [0.1, 0.15) is 0 Å². The molecule has 0 spiro atoms. The van der Waals surface area contributed by atoms with Crippen molar-refractivity contribution in [2.75, 3.05) is 13.2 Å². The van der Waals surface area contributed by atoms with Crippen LogP contribution < -0.4 is 11.1 Å². The number of carbonyl (C=O) groups is 2. The van der Waals surface area contributed by atoms with E-state index in [2.05, 4.69) is 36.2 Å². The van der Waals surface area contributed by atoms with Crippen molar-refractivity contribution in [2.45, 2.75) is 44.4 Å². The van der Waals surface area contributed by atoms with Crippen LogP contribution in [0.2, 0.25) is 0 Å². The summed E-state index contributed by atoms with van der Waals surface area (Å²) in [6.07, 6.45) is 3.65. The Labute approximate surface area is 198 Å². The minimum absolute atomic E-state index is 0.158. The maximum absolute atomic E-state index is 13.5. The number of pyridine rings is 1. The fraction of sp³-hybridized carbons (Fsp3) is 0.360. The molecule has 3 N–H and O–H groups in total. The van der Waals surface area contributed by atoms with Gasteiger partial charge in [-0.2, -0.15) is 5.10 Å². The second kappa shape index (κ2) is 9.36. The first-order chi connectivity index (χ1) is 16.2. The molecule has 34 heavy (non-hydrogen) atoms. The molecule has 1 aliphatic rings. The lowest BCUT2D eigenvalue weighted by Crippen LogP contribution is -2.61. The first-order valence-electron chi connectivity index (χ1n) is 11.1. The number of rotatable bonds is 7. The number of benzene rings is 1. The van der Waals surface area contributed by atoms with E-state index < -0.39 is 23.6 Å². The van der Waals surface area contributed by atoms with E-state index in [0.717, 1.165) is 11.3 Å². The standard InChI is InChI=1S/C25H29N5O4/c1-24(2,3)19-11-13-30(29-19)21-18(10-7-12-27-21)22(31)28-20(16-17-8-5-4-6-9-17)25(23(26)32)33-14-15-34-25/h4-13,20H,14-16H2,1-3H3,(H2,26,32)(H,28,31). The molecular formula is C25H29N5O4. The Morgan fingerprint density at radius 3 is 2.44 bits per heavy atom. The van der Waals surface area contributed by atoms with Crippen LogP contribution in [0.5, 0.6) is 0 Å². The Balaban J connectivity index is 1.67. The number of ether oxygens (including phenoxy) is 2. The molecular weight excluding hydrogens is 434 g/mol. The topological polar surface area (TPSA) is 121 Å². The summed E-state index contributed by atoms with van der Waals surface area (Å²) < 4.78 is 12.9. The molecule has 4 rings (SSSR count). The number of aromatic nitrogens is 3. The third-order valence-electron chi connectivity index (χ3n) is 5.71. The lowest BCUT2D eigenvalue weighted by atomic mass is 9.93. The van der Waals surface area contributed by atoms with Gasteiger partial charge in [0.15, 0.2) is 5.82 Å². The van der Waals surface area contributed by atoms with Gasteiger partial charge < -0.3 is 20.5 Å². The predicted octanol–water partition coefficient (Wildman–Crippen LogP) is 2.13. The molecule has 0 bridgehead atoms. The van der Waals surface area contributed by atoms with E-state index in [1.165, 1.54) is 0 Å². The molecule has 9 nitrogen and oxygen atoms in total. The molecule has 1 aliphatic heterocycles. The van der Waals surface area contributed by atoms with E-state index >= 15 is 0 Å². The van der Waals surface area contributed by atoms with Gasteiger partial charge in [0.05, 0.1) is 30.5 Å². The Morgan fingerprint density at radius 2 is 1.82 bits per heavy atom. The lowest BCUT2D eigenvalue weighted by molar-refractivity contribution is -0.189. The number of carbonyl (C=O) groups excluding carboxylic acids is 2. The zero-order valence-electron chi connectivity index (χ0n) is 19.5. The van der Waals surface area contributed by atoms with Crippen molar-refractivity contribution in [3.8, 4) is 5.82 Å². The maximum atomic E-state index is 13.5. The van der Waals surface area contributed by atoms with Gasteiger partial charge in [0, 0.05) is 17.8 Å². The summed E-state index contributed by atoms with van der Waals surface area (Å²) in [5.41, 5.74) is 7.59. The van der Waals surface area contributed by atoms with Crippen molar-refractivity contribution in [2.24, 2.45) is 5.73 Å². The molecule has 2 aromatic heterocycles. The molecule has 1 saturated heterocycles. The number of nitrogens with one attached hydrogen (secondary N) is 1. The van der Waals surface area contributed by atoms with Crippen LogP contribution in [0.15, 0.2) is 60.9 Å². The monoisotopic (exact) mass is 463 g/mol. The first-order valence-corrected chi connectivity index (χ1v) is 11.1. The van der Waals surface area contributed by atoms with E-state index in [-0.39, 0.29) is 25.0 Å². The van der Waals surface area contributed by atoms with Crippen LogP contribution in [0, 0.1) is 0 Å². The molecule has 1 aromatic carbocycles. The maximum Gasteiger partial charge on any atom is 0.280 e. The second-order valence-electron chi connectivity index (χ2n) is 9.21. The Hall–Kier alpha value is -3.56. The minimum atomic E-state index is -1.76. The van der Waals surface area contributed by atoms with Gasteiger partial charge >= 0.3 is 0 Å². The number of amides is 2. The van der Waals surface area contributed by atoms with Crippen molar-refractivity contribution in [3.63, 3.8) is 0 Å². The molecule has 1 atom stereocenters. The summed E-state index contributed by atoms with van der Waals surface area (Å²) in [6, 6.07) is 13.8. The van der Waals surface area contributed by atoms with Crippen LogP contribution in [-0.4, -0.2) is 51.6 Å². The zero-order chi connectivity index (χ0) is 24.3. The zero-order valence-corrected chi connectivity index (χ0v) is 19.5. The molecule has 1 unspecified atom stereocenters. The Bertz CT molecular complexity index is 1160. The van der Waals surface area contributed by atoms with Gasteiger partial charge in [-0.25, -0.2) is 9.67 Å². The molecule has 1 fully saturated rings. The molecule has 178 valence electrons. The average molecular weight is 464 g/mol. The third-order valence-corrected chi connectivity index (χ3v) is 5.71. The lowest BCUT2D eigenvalue weighted by Gasteiger charge is -2.33. The number of primary amides is 1. The normalized spacial score (nSPS) is 16.2. The first kappa shape index (κ1) is 23.6. The van der Waals surface area contributed by atoms with E-state index in [1.807, 2.05) is 36.4 Å². The summed E-state index contributed by atoms with van der Waals surface area (Å²) >= 11 is 0. The molecule has 2 amide bonds. The summed E-state index contributed by atoms with van der Waals surface area (Å²) in [5.74, 6) is -2.63. The van der Waals surface area contributed by atoms with Gasteiger partial charge in [0.25, 0.3) is 17.6 Å². The highest BCUT2D eigenvalue weighted by atomic mass is 16.7. The highest BCUT2D eigenvalue weighted by Crippen LogP contribution is 2.27. The fourth-order valence-corrected chi connectivity index (χ4v) is 3.91. The Kier molecular flexibility index (Phi) is 6.49. The average Bonchev–Trinajstić information content (AvgIpc) is 3.50. The number of hydrogen-bond donors (Lipinski definition) is 2. The van der Waals surface area contributed by atoms with E-state index in [4.69, 9.17) is 15.2 Å². The van der Waals surface area contributed by atoms with Gasteiger partial charge in [-0.3, -0.25) is 9.59 Å². The van der Waals surface area contributed by atoms with Crippen molar-refractivity contribution in [1.29, 1.82) is 0 Å². The molecule has 0 radical (unpaired) electrons. The van der Waals surface area contributed by atoms with E-state index in [0.29, 0.717) is 11.4 Å². The number of nitrogens with two attached hydrogens (primary N) is 1. The number of hydrogen-bond acceptors (Lipinski definition) is 6. The third kappa shape index (κ3) is 4.71. The Morgan fingerprint density at radius 1 is 1.12 bits per heavy atom. The molecule has 0 aliphatic carbocycles. The van der Waals surface area contributed by atoms with Gasteiger partial charge in [-0.15, -0.1) is 0 Å². The molecule has 3 aromatic rings. The van der Waals surface area contributed by atoms with Crippen molar-refractivity contribution in [3.05, 3.63) is 77.7 Å². The molecule has 3 heterocycles. The highest BCUT2D eigenvalue weighted by molar-refractivity contribution is 5.98. The van der Waals surface area contributed by atoms with Gasteiger partial charge in [0.2, 0.25) is 0 Å². The van der Waals surface area contributed by atoms with Crippen molar-refractivity contribution < 1.29 is 19.1 Å². The molecule has 0 saturated carbocycles. The van der Waals surface area contributed by atoms with Crippen molar-refractivity contribution >= 4 is 11.8 Å². The summed E-state index contributed by atoms with van der Waals surface area (Å²) in [5, 5.41) is 7.53. The van der Waals surface area contributed by atoms with Crippen LogP contribution in [0.3, 0.4) is 0 Å². The van der Waals surface area contributed by atoms with Crippen molar-refractivity contribution in [1.82, 2.24) is 20.1 Å². The number of nitrogens with zero attached hydrogens (tertiary/aromatic N) is 3. The van der Waals surface area contributed by atoms with Crippen LogP contribution in [0.1, 0.15) is 42.4 Å². The van der Waals surface area contributed by atoms with Gasteiger partial charge in [-0.1, -0.05) is 51.1 Å². The van der Waals surface area contributed by atoms with Crippen LogP contribution in [0.25, 0.3) is 5.82 Å². The summed E-state index contributed by atoms with van der Waals surface area (Å²) in [4.78, 5) is 30.4. The highest BCUT2D eigenvalue weighted by Gasteiger charge is 2.51. The molecule has 9 heteroatoms. The van der Waals surface area contributed by atoms with Gasteiger partial charge in [-0.05, 0) is 30.2 Å². The predicted molar refractivity (Wildman–Crippen MR) is 125 cm³/mol. The second-order valence-corrected chi connectivity index (χ2v) is 9.21. The minimum Gasteiger partial charge on any atom is -0.365 e. The van der Waals surface area contributed by atoms with E-state index in [9.17, 15) is 9.59 Å². The van der Waals surface area contributed by atoms with Crippen LogP contribution in [0.4, 0.5) is 0 Å². The summed E-state index contributed by atoms with van der Waals surface area (Å²) in [7, 11) is 0. The van der Waals surface area contributed by atoms with Crippen LogP contribution in [-0.2, 0) is 26.1 Å². The SMILES string of the molecule is CC(C)(C)c1ccn(-c2ncccc2C(=O)NC(Cc2ccccc2)C2(C(N)=O)OCCO2)n1. The fourth-order valence-electron chi connectivity index (χ4n) is 3.91. The largest absolute Gasteiger partial charge is 0.365 e. The quantitative estimate of drug-likeness (QED) is 0.554. The smallest absolute Gasteiger partial charge is 0.280 e. The van der Waals surface area contributed by atoms with Crippen LogP contribution >= 0.6 is 0 Å².